The van der Waals surface area contributed by atoms with Gasteiger partial charge in [0.15, 0.2) is 6.29 Å². The number of carbonyl (C=O) groups is 5. The van der Waals surface area contributed by atoms with E-state index in [1.807, 2.05) is 42.6 Å². The molecule has 0 unspecified atom stereocenters. The number of hydrogen-bond acceptors (Lipinski definition) is 18. The van der Waals surface area contributed by atoms with Gasteiger partial charge in [-0.3, -0.25) is 34.2 Å². The monoisotopic (exact) mass is 1480 g/mol. The van der Waals surface area contributed by atoms with E-state index in [0.29, 0.717) is 69.6 Å². The molecule has 13 rings (SSSR count). The fraction of sp³-hybridized carbons (Fsp3) is 0.367. The van der Waals surface area contributed by atoms with Crippen molar-refractivity contribution in [3.63, 3.8) is 0 Å². The largest absolute Gasteiger partial charge is 0.466 e. The summed E-state index contributed by atoms with van der Waals surface area (Å²) in [6.07, 6.45) is 12.0. The lowest BCUT2D eigenvalue weighted by atomic mass is 10.1. The average molecular weight is 1480 g/mol. The van der Waals surface area contributed by atoms with E-state index in [9.17, 15) is 37.1 Å². The molecule has 19 nitrogen and oxygen atoms in total. The lowest BCUT2D eigenvalue weighted by Gasteiger charge is -2.37. The first-order valence-corrected chi connectivity index (χ1v) is 35.9. The average Bonchev–Trinajstić information content (AvgIpc) is 1.59. The number of amides is 1. The highest BCUT2D eigenvalue weighted by Gasteiger charge is 2.60. The summed E-state index contributed by atoms with van der Waals surface area (Å²) >= 11 is 16.8. The molecule has 8 aromatic rings. The fourth-order valence-electron chi connectivity index (χ4n) is 13.4. The Labute approximate surface area is 619 Å². The van der Waals surface area contributed by atoms with Crippen molar-refractivity contribution in [1.82, 2.24) is 40.2 Å². The minimum atomic E-state index is -0.501. The summed E-state index contributed by atoms with van der Waals surface area (Å²) in [5.74, 6) is -2.80. The van der Waals surface area contributed by atoms with E-state index in [0.717, 1.165) is 92.5 Å². The molecule has 3 saturated carbocycles. The highest BCUT2D eigenvalue weighted by Crippen LogP contribution is 2.63. The number of ether oxygens (including phenoxy) is 3. The molecule has 3 aromatic carbocycles. The Kier molecular flexibility index (Phi) is 28.9. The highest BCUT2D eigenvalue weighted by molar-refractivity contribution is 6.30. The molecule has 5 aromatic heterocycles. The number of rotatable bonds is 19. The predicted octanol–water partition coefficient (Wildman–Crippen LogP) is 14.4. The van der Waals surface area contributed by atoms with Crippen molar-refractivity contribution in [1.29, 1.82) is 0 Å². The minimum absolute atomic E-state index is 0.0970. The number of hydroxylamine groups is 1. The molecule has 9 atom stereocenters. The summed E-state index contributed by atoms with van der Waals surface area (Å²) in [7, 11) is 0. The van der Waals surface area contributed by atoms with Crippen molar-refractivity contribution >= 4 is 82.6 Å². The van der Waals surface area contributed by atoms with Crippen molar-refractivity contribution in [2.24, 2.45) is 17.8 Å². The number of benzene rings is 3. The van der Waals surface area contributed by atoms with Gasteiger partial charge in [-0.1, -0.05) is 114 Å². The number of anilines is 2. The Morgan fingerprint density at radius 1 is 0.471 bits per heavy atom. The Morgan fingerprint density at radius 3 is 1.15 bits per heavy atom. The topological polar surface area (TPSA) is 223 Å². The molecule has 5 fully saturated rings. The first-order valence-electron chi connectivity index (χ1n) is 34.7. The van der Waals surface area contributed by atoms with Crippen LogP contribution in [0.2, 0.25) is 15.5 Å². The van der Waals surface area contributed by atoms with E-state index in [1.165, 1.54) is 30.5 Å². The van der Waals surface area contributed by atoms with Crippen LogP contribution in [-0.4, -0.2) is 154 Å². The smallest absolute Gasteiger partial charge is 0.330 e. The number of halogens is 6. The van der Waals surface area contributed by atoms with E-state index in [4.69, 9.17) is 54.2 Å². The summed E-state index contributed by atoms with van der Waals surface area (Å²) < 4.78 is 57.9. The normalized spacial score (nSPS) is 20.9. The second-order valence-corrected chi connectivity index (χ2v) is 27.0. The predicted molar refractivity (Wildman–Crippen MR) is 394 cm³/mol. The van der Waals surface area contributed by atoms with Crippen molar-refractivity contribution in [2.45, 2.75) is 96.1 Å². The third kappa shape index (κ3) is 20.8. The molecule has 1 amide bonds. The molecular formula is C79H86Cl3F3N10O9. The summed E-state index contributed by atoms with van der Waals surface area (Å²) in [4.78, 5) is 88.2. The number of nitrogens with zero attached hydrogens (tertiary/aromatic N) is 9. The van der Waals surface area contributed by atoms with Crippen LogP contribution in [0.15, 0.2) is 171 Å². The van der Waals surface area contributed by atoms with Gasteiger partial charge >= 0.3 is 17.9 Å². The van der Waals surface area contributed by atoms with Gasteiger partial charge in [-0.15, -0.1) is 0 Å². The molecule has 3 aliphatic carbocycles. The van der Waals surface area contributed by atoms with Crippen LogP contribution >= 0.6 is 34.8 Å². The van der Waals surface area contributed by atoms with Crippen molar-refractivity contribution in [2.75, 3.05) is 82.0 Å². The standard InChI is InChI=1S/C24H30FN3O2.C22H27FN4O2.C17H15ClFNO2.C10H10ClNO2.C6H4ClNO/c1-4-30-24(29)23-21(22(23)18-7-5-6-8-19(18)25)17-9-10-20(26-15-17)28-13-11-27(12-14-28)16(2)3;1-14(2)26-9-11-27(12-10-26)18-8-7-15(13-24-18)19-20(21(19)22(28)25-29)16-5-3-4-6-17(16)23;1-2-22-17(21)16-14(10-7-8-13(18)20-9-10)15(16)11-5-3-4-6-12(11)19;1-2-14-10(13)6-4-8-3-5-9(11)12-7-8;7-6-2-1-5(4-9)3-8-6/h5-10,15-16,21-23H,4,11-14H2,1-3H3;3-8,13-14,19-21,29H,9-12H2,1-2H3,(H,25,28);3-9,14-16H,2H2,1H3;3-7H,2H2,1H3;1-4H/b;;;6-4+;/t21-,22-,23+;19-,20-,21+;14-,15-,16+;;/m111../s1. The van der Waals surface area contributed by atoms with Crippen molar-refractivity contribution < 1.29 is 56.6 Å². The summed E-state index contributed by atoms with van der Waals surface area (Å²) in [5, 5.41) is 10.3. The Morgan fingerprint density at radius 2 is 0.827 bits per heavy atom. The van der Waals surface area contributed by atoms with Gasteiger partial charge < -0.3 is 24.0 Å². The van der Waals surface area contributed by atoms with E-state index >= 15 is 0 Å². The molecule has 5 aliphatic rings. The maximum Gasteiger partial charge on any atom is 0.330 e. The van der Waals surface area contributed by atoms with Gasteiger partial charge in [0.05, 0.1) is 37.6 Å². The number of aldehydes is 1. The van der Waals surface area contributed by atoms with Gasteiger partial charge in [-0.25, -0.2) is 48.4 Å². The summed E-state index contributed by atoms with van der Waals surface area (Å²) in [6.45, 7) is 23.1. The molecule has 0 bridgehead atoms. The summed E-state index contributed by atoms with van der Waals surface area (Å²) in [5.41, 5.74) is 7.42. The quantitative estimate of drug-likeness (QED) is 0.0146. The second kappa shape index (κ2) is 38.0. The number of hydrogen-bond donors (Lipinski definition) is 2. The van der Waals surface area contributed by atoms with E-state index in [2.05, 4.69) is 72.2 Å². The molecule has 7 heterocycles. The Balaban J connectivity index is 0.000000159. The molecule has 548 valence electrons. The van der Waals surface area contributed by atoms with E-state index < -0.39 is 11.8 Å². The van der Waals surface area contributed by atoms with Crippen LogP contribution in [0.3, 0.4) is 0 Å². The van der Waals surface area contributed by atoms with Gasteiger partial charge in [-0.05, 0) is 148 Å². The first kappa shape index (κ1) is 79.0. The van der Waals surface area contributed by atoms with Gasteiger partial charge in [0, 0.05) is 143 Å². The zero-order valence-corrected chi connectivity index (χ0v) is 61.2. The zero-order chi connectivity index (χ0) is 74.6. The number of nitrogens with one attached hydrogen (secondary N) is 1. The van der Waals surface area contributed by atoms with E-state index in [1.54, 1.807) is 130 Å². The molecule has 0 radical (unpaired) electrons. The third-order valence-electron chi connectivity index (χ3n) is 18.9. The number of piperazine rings is 2. The van der Waals surface area contributed by atoms with Crippen LogP contribution in [-0.2, 0) is 33.4 Å². The van der Waals surface area contributed by atoms with Gasteiger partial charge in [-0.2, -0.15) is 0 Å². The molecule has 25 heteroatoms. The SMILES string of the molecule is CC(C)N1CCN(c2ccc([C@H]3[C@H](C(=O)NO)[C@@H]3c3ccccc3F)cn2)CC1.CCOC(=O)/C=C/c1ccc(Cl)nc1.CCOC(=O)[C@H]1[C@H](c2ccc(Cl)nc2)[C@H]1c1ccccc1F.CCOC(=O)[C@H]1[C@H](c2ccc(N3CCN(C(C)C)CC3)nc2)[C@H]1c1ccccc1F.O=Cc1ccc(Cl)nc1. The van der Waals surface area contributed by atoms with Crippen molar-refractivity contribution in [3.05, 3.63) is 248 Å². The second-order valence-electron chi connectivity index (χ2n) is 25.9. The maximum absolute atomic E-state index is 14.4. The van der Waals surface area contributed by atoms with Crippen LogP contribution in [0, 0.1) is 35.2 Å². The Bertz CT molecular complexity index is 4160. The van der Waals surface area contributed by atoms with Crippen LogP contribution in [0.5, 0.6) is 0 Å². The lowest BCUT2D eigenvalue weighted by molar-refractivity contribution is -0.145. The molecule has 2 aliphatic heterocycles. The minimum Gasteiger partial charge on any atom is -0.466 e. The van der Waals surface area contributed by atoms with Crippen LogP contribution in [0.4, 0.5) is 24.8 Å². The zero-order valence-electron chi connectivity index (χ0n) is 59.0. The number of aromatic nitrogens is 5. The van der Waals surface area contributed by atoms with Gasteiger partial charge in [0.2, 0.25) is 5.91 Å². The van der Waals surface area contributed by atoms with Crippen LogP contribution in [0.25, 0.3) is 6.08 Å². The molecule has 2 N–H and O–H groups in total. The highest BCUT2D eigenvalue weighted by atomic mass is 35.5. The van der Waals surface area contributed by atoms with Crippen molar-refractivity contribution in [3.8, 4) is 0 Å². The van der Waals surface area contributed by atoms with E-state index in [-0.39, 0.29) is 82.7 Å². The number of esters is 3. The molecule has 2 saturated heterocycles. The molecule has 104 heavy (non-hydrogen) atoms. The van der Waals surface area contributed by atoms with Gasteiger partial charge in [0.25, 0.3) is 0 Å². The lowest BCUT2D eigenvalue weighted by Crippen LogP contribution is -2.49. The number of carbonyl (C=O) groups excluding carboxylic acids is 5. The van der Waals surface area contributed by atoms with Crippen LogP contribution < -0.4 is 15.3 Å². The van der Waals surface area contributed by atoms with Gasteiger partial charge in [0.1, 0.15) is 44.5 Å². The Hall–Kier alpha value is -9.16. The number of pyridine rings is 5. The maximum atomic E-state index is 14.4. The first-order chi connectivity index (χ1) is 50.2. The molecular weight excluding hydrogens is 1400 g/mol. The molecule has 0 spiro atoms. The fourth-order valence-corrected chi connectivity index (χ4v) is 13.8. The van der Waals surface area contributed by atoms with Crippen LogP contribution in [0.1, 0.15) is 133 Å². The summed E-state index contributed by atoms with van der Waals surface area (Å²) in [6, 6.07) is 39.0. The third-order valence-corrected chi connectivity index (χ3v) is 19.6.